The van der Waals surface area contributed by atoms with Crippen molar-refractivity contribution >= 4 is 23.3 Å². The van der Waals surface area contributed by atoms with E-state index in [-0.39, 0.29) is 0 Å². The molecule has 2 N–H and O–H groups in total. The highest BCUT2D eigenvalue weighted by Crippen LogP contribution is 2.35. The summed E-state index contributed by atoms with van der Waals surface area (Å²) in [6.45, 7) is 10.6. The number of aryl methyl sites for hydroxylation is 1. The normalized spacial score (nSPS) is 24.8. The Balaban J connectivity index is 0.000000271. The SMILES string of the molecule is Cc1ccc(CN2CC[C@H]3CO[C@H](CN4CCCC4)[C@H]3C2)s1.O=C(O)C(F)(F)F.O=C(O)C(F)(F)F. The lowest BCUT2D eigenvalue weighted by Gasteiger charge is -2.36. The molecule has 3 aliphatic rings. The van der Waals surface area contributed by atoms with Crippen LogP contribution in [0.4, 0.5) is 26.3 Å². The molecular weight excluding hydrogens is 518 g/mol. The first-order valence-corrected chi connectivity index (χ1v) is 12.2. The number of carboxylic acids is 2. The van der Waals surface area contributed by atoms with E-state index in [4.69, 9.17) is 24.5 Å². The second-order valence-electron chi connectivity index (χ2n) is 8.95. The molecule has 0 bridgehead atoms. The number of thiophene rings is 1. The zero-order valence-electron chi connectivity index (χ0n) is 19.6. The number of hydrogen-bond acceptors (Lipinski definition) is 6. The Morgan fingerprint density at radius 2 is 1.56 bits per heavy atom. The molecule has 3 aliphatic heterocycles. The Hall–Kier alpha value is -1.90. The fourth-order valence-corrected chi connectivity index (χ4v) is 5.37. The van der Waals surface area contributed by atoms with Crippen LogP contribution in [0.1, 0.15) is 29.0 Å². The minimum absolute atomic E-state index is 0.482. The first-order chi connectivity index (χ1) is 16.7. The number of ether oxygens (including phenoxy) is 1. The number of rotatable bonds is 4. The van der Waals surface area contributed by atoms with Gasteiger partial charge in [-0.05, 0) is 63.9 Å². The summed E-state index contributed by atoms with van der Waals surface area (Å²) in [5.41, 5.74) is 0. The second kappa shape index (κ2) is 13.1. The topological polar surface area (TPSA) is 90.3 Å². The van der Waals surface area contributed by atoms with Crippen molar-refractivity contribution in [2.24, 2.45) is 11.8 Å². The predicted octanol–water partition coefficient (Wildman–Crippen LogP) is 4.26. The minimum atomic E-state index is -5.08. The monoisotopic (exact) mass is 548 g/mol. The molecule has 206 valence electrons. The van der Waals surface area contributed by atoms with Gasteiger partial charge >= 0.3 is 24.3 Å². The molecule has 3 saturated heterocycles. The molecule has 0 aromatic carbocycles. The summed E-state index contributed by atoms with van der Waals surface area (Å²) >= 11 is 1.95. The number of likely N-dealkylation sites (tertiary alicyclic amines) is 2. The quantitative estimate of drug-likeness (QED) is 0.544. The molecule has 1 aromatic heterocycles. The Kier molecular flexibility index (Phi) is 11.0. The van der Waals surface area contributed by atoms with Crippen molar-refractivity contribution in [3.8, 4) is 0 Å². The van der Waals surface area contributed by atoms with E-state index in [0.717, 1.165) is 25.0 Å². The van der Waals surface area contributed by atoms with E-state index in [0.29, 0.717) is 6.10 Å². The Morgan fingerprint density at radius 1 is 1.00 bits per heavy atom. The summed E-state index contributed by atoms with van der Waals surface area (Å²) in [5.74, 6) is -3.94. The average molecular weight is 549 g/mol. The van der Waals surface area contributed by atoms with Crippen molar-refractivity contribution in [3.05, 3.63) is 21.9 Å². The first-order valence-electron chi connectivity index (χ1n) is 11.4. The van der Waals surface area contributed by atoms with Crippen LogP contribution >= 0.6 is 11.3 Å². The molecule has 7 nitrogen and oxygen atoms in total. The van der Waals surface area contributed by atoms with Gasteiger partial charge in [-0.1, -0.05) is 0 Å². The third kappa shape index (κ3) is 9.87. The summed E-state index contributed by atoms with van der Waals surface area (Å²) in [5, 5.41) is 14.2. The Labute approximate surface area is 208 Å². The molecule has 0 radical (unpaired) electrons. The lowest BCUT2D eigenvalue weighted by Crippen LogP contribution is -2.44. The third-order valence-corrected chi connectivity index (χ3v) is 7.18. The van der Waals surface area contributed by atoms with Crippen molar-refractivity contribution < 1.29 is 50.9 Å². The van der Waals surface area contributed by atoms with E-state index in [1.54, 1.807) is 0 Å². The average Bonchev–Trinajstić information content (AvgIpc) is 3.51. The largest absolute Gasteiger partial charge is 0.490 e. The predicted molar refractivity (Wildman–Crippen MR) is 119 cm³/mol. The summed E-state index contributed by atoms with van der Waals surface area (Å²) < 4.78 is 69.7. The van der Waals surface area contributed by atoms with E-state index >= 15 is 0 Å². The molecule has 14 heteroatoms. The fraction of sp³-hybridized carbons (Fsp3) is 0.727. The molecule has 0 amide bonds. The minimum Gasteiger partial charge on any atom is -0.475 e. The van der Waals surface area contributed by atoms with Crippen molar-refractivity contribution in [3.63, 3.8) is 0 Å². The zero-order chi connectivity index (χ0) is 27.1. The molecule has 3 fully saturated rings. The van der Waals surface area contributed by atoms with Crippen molar-refractivity contribution in [1.82, 2.24) is 9.80 Å². The Morgan fingerprint density at radius 3 is 2.03 bits per heavy atom. The molecule has 3 atom stereocenters. The van der Waals surface area contributed by atoms with Gasteiger partial charge in [0.15, 0.2) is 0 Å². The molecular formula is C22H30F6N2O5S. The van der Waals surface area contributed by atoms with Gasteiger partial charge in [0.2, 0.25) is 0 Å². The van der Waals surface area contributed by atoms with Crippen LogP contribution in [0.5, 0.6) is 0 Å². The van der Waals surface area contributed by atoms with Gasteiger partial charge in [-0.25, -0.2) is 9.59 Å². The van der Waals surface area contributed by atoms with Crippen molar-refractivity contribution in [1.29, 1.82) is 0 Å². The number of hydrogen-bond donors (Lipinski definition) is 2. The number of alkyl halides is 6. The molecule has 0 unspecified atom stereocenters. The molecule has 0 aliphatic carbocycles. The van der Waals surface area contributed by atoms with Gasteiger partial charge < -0.3 is 19.8 Å². The number of aliphatic carboxylic acids is 2. The first kappa shape index (κ1) is 30.3. The van der Waals surface area contributed by atoms with Gasteiger partial charge in [0.05, 0.1) is 12.7 Å². The number of piperidine rings is 1. The fourth-order valence-electron chi connectivity index (χ4n) is 4.44. The van der Waals surface area contributed by atoms with Crippen LogP contribution in [-0.2, 0) is 20.9 Å². The highest BCUT2D eigenvalue weighted by Gasteiger charge is 2.42. The molecule has 36 heavy (non-hydrogen) atoms. The van der Waals surface area contributed by atoms with Gasteiger partial charge in [0.25, 0.3) is 0 Å². The summed E-state index contributed by atoms with van der Waals surface area (Å²) in [6, 6.07) is 4.56. The van der Waals surface area contributed by atoms with Gasteiger partial charge in [0, 0.05) is 35.3 Å². The van der Waals surface area contributed by atoms with E-state index in [2.05, 4.69) is 28.9 Å². The van der Waals surface area contributed by atoms with Crippen LogP contribution in [0, 0.1) is 18.8 Å². The van der Waals surface area contributed by atoms with Crippen LogP contribution in [0.25, 0.3) is 0 Å². The number of halogens is 6. The molecule has 4 heterocycles. The highest BCUT2D eigenvalue weighted by atomic mass is 32.1. The second-order valence-corrected chi connectivity index (χ2v) is 10.3. The van der Waals surface area contributed by atoms with Crippen molar-refractivity contribution in [2.45, 2.75) is 51.2 Å². The maximum atomic E-state index is 10.6. The number of carbonyl (C=O) groups is 2. The standard InChI is InChI=1S/C18H28N2OS.2C2HF3O2/c1-14-4-5-16(22-14)10-20-9-6-15-13-21-18(17(15)11-20)12-19-7-2-3-8-19;2*3-2(4,5)1(6)7/h4-5,15,17-18H,2-3,6-13H2,1H3;2*(H,6,7)/t15-,17-,18+;;/m0../s1. The van der Waals surface area contributed by atoms with Crippen LogP contribution < -0.4 is 0 Å². The van der Waals surface area contributed by atoms with Gasteiger partial charge in [-0.2, -0.15) is 26.3 Å². The van der Waals surface area contributed by atoms with Gasteiger partial charge in [-0.3, -0.25) is 4.90 Å². The molecule has 0 spiro atoms. The smallest absolute Gasteiger partial charge is 0.475 e. The zero-order valence-corrected chi connectivity index (χ0v) is 20.5. The number of nitrogens with zero attached hydrogens (tertiary/aromatic N) is 2. The highest BCUT2D eigenvalue weighted by molar-refractivity contribution is 7.11. The maximum Gasteiger partial charge on any atom is 0.490 e. The maximum absolute atomic E-state index is 10.6. The number of fused-ring (bicyclic) bond motifs is 1. The van der Waals surface area contributed by atoms with Crippen LogP contribution in [-0.4, -0.2) is 89.7 Å². The van der Waals surface area contributed by atoms with E-state index in [9.17, 15) is 26.3 Å². The van der Waals surface area contributed by atoms with Crippen LogP contribution in [0.15, 0.2) is 12.1 Å². The molecule has 1 aromatic rings. The van der Waals surface area contributed by atoms with Gasteiger partial charge in [0.1, 0.15) is 0 Å². The molecule has 4 rings (SSSR count). The van der Waals surface area contributed by atoms with Crippen molar-refractivity contribution in [2.75, 3.05) is 39.3 Å². The molecule has 0 saturated carbocycles. The third-order valence-electron chi connectivity index (χ3n) is 6.19. The summed E-state index contributed by atoms with van der Waals surface area (Å²) in [6.07, 6.45) is -5.60. The van der Waals surface area contributed by atoms with Crippen LogP contribution in [0.3, 0.4) is 0 Å². The summed E-state index contributed by atoms with van der Waals surface area (Å²) in [7, 11) is 0. The van der Waals surface area contributed by atoms with Gasteiger partial charge in [-0.15, -0.1) is 11.3 Å². The number of carboxylic acid groups (broad SMARTS) is 2. The lowest BCUT2D eigenvalue weighted by atomic mass is 9.84. The van der Waals surface area contributed by atoms with E-state index < -0.39 is 24.3 Å². The lowest BCUT2D eigenvalue weighted by molar-refractivity contribution is -0.193. The van der Waals surface area contributed by atoms with Crippen LogP contribution in [0.2, 0.25) is 0 Å². The Bertz CT molecular complexity index is 833. The van der Waals surface area contributed by atoms with E-state index in [1.165, 1.54) is 61.7 Å². The summed E-state index contributed by atoms with van der Waals surface area (Å²) in [4.78, 5) is 26.0. The van der Waals surface area contributed by atoms with E-state index in [1.807, 2.05) is 11.3 Å².